The molecule has 1 N–H and O–H groups in total. The van der Waals surface area contributed by atoms with Gasteiger partial charge in [0.05, 0.1) is 28.5 Å². The quantitative estimate of drug-likeness (QED) is 0.603. The minimum Gasteiger partial charge on any atom is -0.465 e. The summed E-state index contributed by atoms with van der Waals surface area (Å²) in [6, 6.07) is 7.38. The average Bonchev–Trinajstić information content (AvgIpc) is 3.50. The molecular weight excluding hydrogens is 442 g/mol. The summed E-state index contributed by atoms with van der Waals surface area (Å²) in [5.74, 6) is -0.133. The normalized spacial score (nSPS) is 19.4. The molecule has 2 amide bonds. The highest BCUT2D eigenvalue weighted by atomic mass is 35.5. The van der Waals surface area contributed by atoms with E-state index in [0.29, 0.717) is 41.8 Å². The molecule has 1 saturated heterocycles. The number of fused-ring (bicyclic) bond motifs is 1. The van der Waals surface area contributed by atoms with E-state index in [0.717, 1.165) is 29.5 Å². The van der Waals surface area contributed by atoms with Crippen LogP contribution in [0.5, 0.6) is 0 Å². The molecule has 2 aromatic heterocycles. The van der Waals surface area contributed by atoms with Gasteiger partial charge in [-0.15, -0.1) is 0 Å². The number of carbonyl (C=O) groups is 2. The number of pyridine rings is 1. The number of carbonyl (C=O) groups excluding carboxylic acids is 1. The smallest absolute Gasteiger partial charge is 0.407 e. The van der Waals surface area contributed by atoms with E-state index < -0.39 is 6.09 Å². The second kappa shape index (κ2) is 8.67. The number of hydrogen-bond acceptors (Lipinski definition) is 4. The Balaban J connectivity index is 1.42. The van der Waals surface area contributed by atoms with E-state index in [1.54, 1.807) is 17.0 Å². The lowest BCUT2D eigenvalue weighted by molar-refractivity contribution is 0.0507. The zero-order valence-electron chi connectivity index (χ0n) is 18.4. The van der Waals surface area contributed by atoms with Crippen molar-refractivity contribution in [3.8, 4) is 11.3 Å². The maximum absolute atomic E-state index is 13.1. The lowest BCUT2D eigenvalue weighted by Gasteiger charge is -2.38. The Morgan fingerprint density at radius 1 is 1.15 bits per heavy atom. The highest BCUT2D eigenvalue weighted by molar-refractivity contribution is 6.35. The van der Waals surface area contributed by atoms with Gasteiger partial charge in [0, 0.05) is 48.4 Å². The van der Waals surface area contributed by atoms with Crippen LogP contribution in [0.1, 0.15) is 49.0 Å². The molecule has 1 unspecified atom stereocenters. The third-order valence-corrected chi connectivity index (χ3v) is 7.08. The van der Waals surface area contributed by atoms with Crippen LogP contribution in [-0.2, 0) is 0 Å². The van der Waals surface area contributed by atoms with E-state index in [2.05, 4.69) is 5.10 Å². The van der Waals surface area contributed by atoms with E-state index in [4.69, 9.17) is 16.6 Å². The summed E-state index contributed by atoms with van der Waals surface area (Å²) in [4.78, 5) is 32.3. The molecule has 2 fully saturated rings. The number of hydrogen-bond donors (Lipinski definition) is 1. The first-order chi connectivity index (χ1) is 15.9. The molecule has 2 aliphatic rings. The molecule has 8 nitrogen and oxygen atoms in total. The molecule has 1 aliphatic carbocycles. The van der Waals surface area contributed by atoms with Gasteiger partial charge in [-0.1, -0.05) is 30.5 Å². The van der Waals surface area contributed by atoms with Crippen LogP contribution in [0.25, 0.3) is 22.2 Å². The summed E-state index contributed by atoms with van der Waals surface area (Å²) in [5, 5.41) is 15.2. The molecule has 0 radical (unpaired) electrons. The standard InChI is InChI=1S/C24H26ClN5O3/c1-15-13-28(8-9-29(15)24(32)33)23(31)16-6-7-19-20(25)11-21(27-22(19)10-16)17-12-26-30(14-17)18-4-2-3-5-18/h6-7,10-12,14-15,18H,2-5,8-9,13H2,1H3,(H,32,33). The largest absolute Gasteiger partial charge is 0.465 e. The number of halogens is 1. The Morgan fingerprint density at radius 3 is 2.67 bits per heavy atom. The maximum Gasteiger partial charge on any atom is 0.407 e. The van der Waals surface area contributed by atoms with Gasteiger partial charge in [-0.2, -0.15) is 5.10 Å². The number of carboxylic acid groups (broad SMARTS) is 1. The van der Waals surface area contributed by atoms with Crippen molar-refractivity contribution in [2.24, 2.45) is 0 Å². The van der Waals surface area contributed by atoms with Crippen molar-refractivity contribution in [1.29, 1.82) is 0 Å². The monoisotopic (exact) mass is 467 g/mol. The highest BCUT2D eigenvalue weighted by Crippen LogP contribution is 2.32. The first kappa shape index (κ1) is 21.7. The van der Waals surface area contributed by atoms with Gasteiger partial charge in [0.2, 0.25) is 0 Å². The Hall–Kier alpha value is -3.13. The van der Waals surface area contributed by atoms with Gasteiger partial charge >= 0.3 is 6.09 Å². The number of benzene rings is 1. The summed E-state index contributed by atoms with van der Waals surface area (Å²) in [6.45, 7) is 2.84. The fourth-order valence-corrected chi connectivity index (χ4v) is 5.18. The van der Waals surface area contributed by atoms with Crippen LogP contribution in [0.15, 0.2) is 36.7 Å². The first-order valence-electron chi connectivity index (χ1n) is 11.3. The van der Waals surface area contributed by atoms with Crippen LogP contribution >= 0.6 is 11.6 Å². The Labute approximate surface area is 196 Å². The van der Waals surface area contributed by atoms with Gasteiger partial charge in [-0.3, -0.25) is 9.48 Å². The van der Waals surface area contributed by atoms with Crippen LogP contribution in [0, 0.1) is 0 Å². The molecule has 3 heterocycles. The molecule has 5 rings (SSSR count). The predicted octanol–water partition coefficient (Wildman–Crippen LogP) is 4.69. The van der Waals surface area contributed by atoms with E-state index in [9.17, 15) is 14.7 Å². The van der Waals surface area contributed by atoms with Gasteiger partial charge in [-0.25, -0.2) is 9.78 Å². The molecule has 33 heavy (non-hydrogen) atoms. The van der Waals surface area contributed by atoms with Crippen molar-refractivity contribution in [2.45, 2.75) is 44.7 Å². The number of piperazine rings is 1. The van der Waals surface area contributed by atoms with E-state index >= 15 is 0 Å². The van der Waals surface area contributed by atoms with Crippen molar-refractivity contribution >= 4 is 34.5 Å². The molecule has 1 aromatic carbocycles. The minimum atomic E-state index is -0.956. The van der Waals surface area contributed by atoms with Gasteiger partial charge in [-0.05, 0) is 38.0 Å². The summed E-state index contributed by atoms with van der Waals surface area (Å²) < 4.78 is 2.03. The molecule has 3 aromatic rings. The van der Waals surface area contributed by atoms with Crippen molar-refractivity contribution in [3.63, 3.8) is 0 Å². The molecule has 1 saturated carbocycles. The predicted molar refractivity (Wildman–Crippen MR) is 126 cm³/mol. The van der Waals surface area contributed by atoms with Crippen LogP contribution in [0.3, 0.4) is 0 Å². The average molecular weight is 468 g/mol. The van der Waals surface area contributed by atoms with Crippen molar-refractivity contribution in [3.05, 3.63) is 47.2 Å². The Morgan fingerprint density at radius 2 is 1.94 bits per heavy atom. The van der Waals surface area contributed by atoms with Crippen molar-refractivity contribution < 1.29 is 14.7 Å². The molecule has 172 valence electrons. The van der Waals surface area contributed by atoms with Gasteiger partial charge in [0.25, 0.3) is 5.91 Å². The van der Waals surface area contributed by atoms with Crippen molar-refractivity contribution in [1.82, 2.24) is 24.6 Å². The highest BCUT2D eigenvalue weighted by Gasteiger charge is 2.30. The third-order valence-electron chi connectivity index (χ3n) is 6.76. The van der Waals surface area contributed by atoms with Crippen LogP contribution in [-0.4, -0.2) is 67.3 Å². The zero-order chi connectivity index (χ0) is 23.1. The zero-order valence-corrected chi connectivity index (χ0v) is 19.2. The molecular formula is C24H26ClN5O3. The fraction of sp³-hybridized carbons (Fsp3) is 0.417. The molecule has 0 bridgehead atoms. The van der Waals surface area contributed by atoms with Crippen LogP contribution in [0.4, 0.5) is 4.79 Å². The molecule has 1 atom stereocenters. The van der Waals surface area contributed by atoms with E-state index in [-0.39, 0.29) is 11.9 Å². The van der Waals surface area contributed by atoms with E-state index in [1.165, 1.54) is 17.7 Å². The number of nitrogens with zero attached hydrogens (tertiary/aromatic N) is 5. The second-order valence-electron chi connectivity index (χ2n) is 8.94. The van der Waals surface area contributed by atoms with E-state index in [1.807, 2.05) is 36.1 Å². The van der Waals surface area contributed by atoms with Gasteiger partial charge in [0.1, 0.15) is 0 Å². The summed E-state index contributed by atoms with van der Waals surface area (Å²) in [6.07, 6.45) is 7.67. The molecule has 0 spiro atoms. The molecule has 9 heteroatoms. The minimum absolute atomic E-state index is 0.133. The Bertz CT molecular complexity index is 1220. The van der Waals surface area contributed by atoms with Crippen LogP contribution < -0.4 is 0 Å². The lowest BCUT2D eigenvalue weighted by atomic mass is 10.1. The second-order valence-corrected chi connectivity index (χ2v) is 9.35. The van der Waals surface area contributed by atoms with Gasteiger partial charge in [0.15, 0.2) is 0 Å². The number of amides is 2. The maximum atomic E-state index is 13.1. The van der Waals surface area contributed by atoms with Crippen LogP contribution in [0.2, 0.25) is 5.02 Å². The van der Waals surface area contributed by atoms with Gasteiger partial charge < -0.3 is 14.9 Å². The summed E-state index contributed by atoms with van der Waals surface area (Å²) >= 11 is 6.57. The SMILES string of the molecule is CC1CN(C(=O)c2ccc3c(Cl)cc(-c4cnn(C5CCCC5)c4)nc3c2)CCN1C(=O)O. The number of rotatable bonds is 3. The van der Waals surface area contributed by atoms with Crippen molar-refractivity contribution in [2.75, 3.05) is 19.6 Å². The fourth-order valence-electron chi connectivity index (χ4n) is 4.91. The third kappa shape index (κ3) is 4.15. The first-order valence-corrected chi connectivity index (χ1v) is 11.7. The lowest BCUT2D eigenvalue weighted by Crippen LogP contribution is -2.55. The summed E-state index contributed by atoms with van der Waals surface area (Å²) in [7, 11) is 0. The molecule has 1 aliphatic heterocycles. The topological polar surface area (TPSA) is 91.6 Å². The summed E-state index contributed by atoms with van der Waals surface area (Å²) in [5.41, 5.74) is 2.79. The Kier molecular flexibility index (Phi) is 5.70. The number of aromatic nitrogens is 3.